The molecule has 0 aromatic carbocycles. The van der Waals surface area contributed by atoms with Gasteiger partial charge in [-0.05, 0) is 25.9 Å². The van der Waals surface area contributed by atoms with Crippen molar-refractivity contribution < 1.29 is 9.53 Å². The summed E-state index contributed by atoms with van der Waals surface area (Å²) in [6.45, 7) is 2.86. The summed E-state index contributed by atoms with van der Waals surface area (Å²) >= 11 is 0. The first-order valence-electron chi connectivity index (χ1n) is 5.34. The molecule has 2 rings (SSSR count). The molecule has 2 fully saturated rings. The number of nitrogens with zero attached hydrogens (tertiary/aromatic N) is 1. The Kier molecular flexibility index (Phi) is 4.83. The van der Waals surface area contributed by atoms with Crippen molar-refractivity contribution in [3.05, 3.63) is 0 Å². The van der Waals surface area contributed by atoms with Gasteiger partial charge in [-0.2, -0.15) is 0 Å². The molecule has 0 aliphatic carbocycles. The van der Waals surface area contributed by atoms with E-state index in [0.29, 0.717) is 12.5 Å². The first-order valence-corrected chi connectivity index (χ1v) is 5.34. The van der Waals surface area contributed by atoms with Crippen LogP contribution in [0.1, 0.15) is 19.3 Å². The van der Waals surface area contributed by atoms with E-state index in [-0.39, 0.29) is 24.4 Å². The van der Waals surface area contributed by atoms with Gasteiger partial charge in [-0.25, -0.2) is 0 Å². The molecule has 4 nitrogen and oxygen atoms in total. The summed E-state index contributed by atoms with van der Waals surface area (Å²) in [6.07, 6.45) is 2.86. The van der Waals surface area contributed by atoms with Gasteiger partial charge in [0.2, 0.25) is 5.91 Å². The number of ether oxygens (including phenoxy) is 1. The molecule has 88 valence electrons. The lowest BCUT2D eigenvalue weighted by Gasteiger charge is -2.31. The molecule has 1 N–H and O–H groups in total. The number of likely N-dealkylation sites (tertiary alicyclic amines) is 1. The molecule has 2 aliphatic rings. The maximum absolute atomic E-state index is 11.7. The smallest absolute Gasteiger partial charge is 0.225 e. The number of methoxy groups -OCH3 is 1. The van der Waals surface area contributed by atoms with Gasteiger partial charge in [0.1, 0.15) is 0 Å². The van der Waals surface area contributed by atoms with Crippen LogP contribution in [0.2, 0.25) is 0 Å². The number of halogens is 1. The molecular formula is C10H19ClN2O2. The summed E-state index contributed by atoms with van der Waals surface area (Å²) < 4.78 is 5.22. The number of hydrogen-bond donors (Lipinski definition) is 1. The van der Waals surface area contributed by atoms with Gasteiger partial charge in [-0.15, -0.1) is 12.4 Å². The third-order valence-electron chi connectivity index (χ3n) is 3.21. The van der Waals surface area contributed by atoms with Crippen LogP contribution >= 0.6 is 12.4 Å². The lowest BCUT2D eigenvalue weighted by Crippen LogP contribution is -2.44. The van der Waals surface area contributed by atoms with Crippen LogP contribution in [0, 0.1) is 0 Å². The monoisotopic (exact) mass is 234 g/mol. The normalized spacial score (nSPS) is 27.9. The van der Waals surface area contributed by atoms with Crippen molar-refractivity contribution in [2.75, 3.05) is 26.7 Å². The second-order valence-electron chi connectivity index (χ2n) is 4.09. The fourth-order valence-corrected chi connectivity index (χ4v) is 2.33. The third-order valence-corrected chi connectivity index (χ3v) is 3.21. The molecular weight excluding hydrogens is 216 g/mol. The van der Waals surface area contributed by atoms with Crippen LogP contribution in [0.15, 0.2) is 0 Å². The minimum Gasteiger partial charge on any atom is -0.379 e. The Morgan fingerprint density at radius 1 is 1.40 bits per heavy atom. The average Bonchev–Trinajstić information content (AvgIpc) is 2.61. The molecule has 2 aliphatic heterocycles. The molecule has 15 heavy (non-hydrogen) atoms. The van der Waals surface area contributed by atoms with Gasteiger partial charge < -0.3 is 15.0 Å². The van der Waals surface area contributed by atoms with Gasteiger partial charge in [-0.3, -0.25) is 4.79 Å². The van der Waals surface area contributed by atoms with E-state index in [0.717, 1.165) is 32.5 Å². The highest BCUT2D eigenvalue weighted by molar-refractivity contribution is 5.85. The number of carbonyl (C=O) groups excluding carboxylic acids is 1. The molecule has 2 heterocycles. The van der Waals surface area contributed by atoms with Gasteiger partial charge in [0, 0.05) is 19.7 Å². The number of piperidine rings is 1. The van der Waals surface area contributed by atoms with Crippen LogP contribution in [0.4, 0.5) is 0 Å². The SMILES string of the molecule is COC1CC(=O)N(C2CCNCC2)C1.Cl. The Morgan fingerprint density at radius 2 is 2.07 bits per heavy atom. The quantitative estimate of drug-likeness (QED) is 0.753. The fourth-order valence-electron chi connectivity index (χ4n) is 2.33. The first kappa shape index (κ1) is 12.7. The van der Waals surface area contributed by atoms with Crippen molar-refractivity contribution in [2.24, 2.45) is 0 Å². The average molecular weight is 235 g/mol. The highest BCUT2D eigenvalue weighted by atomic mass is 35.5. The molecule has 0 spiro atoms. The minimum atomic E-state index is 0. The van der Waals surface area contributed by atoms with Gasteiger partial charge in [-0.1, -0.05) is 0 Å². The van der Waals surface area contributed by atoms with Crippen molar-refractivity contribution in [2.45, 2.75) is 31.4 Å². The van der Waals surface area contributed by atoms with E-state index < -0.39 is 0 Å². The molecule has 0 radical (unpaired) electrons. The lowest BCUT2D eigenvalue weighted by molar-refractivity contribution is -0.130. The standard InChI is InChI=1S/C10H18N2O2.ClH/c1-14-9-6-10(13)12(7-9)8-2-4-11-5-3-8;/h8-9,11H,2-7H2,1H3;1H. The van der Waals surface area contributed by atoms with Crippen molar-refractivity contribution >= 4 is 18.3 Å². The Bertz CT molecular complexity index is 219. The summed E-state index contributed by atoms with van der Waals surface area (Å²) in [4.78, 5) is 13.7. The zero-order valence-corrected chi connectivity index (χ0v) is 9.89. The van der Waals surface area contributed by atoms with Crippen LogP contribution in [-0.2, 0) is 9.53 Å². The number of nitrogens with one attached hydrogen (secondary N) is 1. The van der Waals surface area contributed by atoms with Crippen molar-refractivity contribution in [3.8, 4) is 0 Å². The predicted molar refractivity (Wildman–Crippen MR) is 60.3 cm³/mol. The molecule has 1 unspecified atom stereocenters. The van der Waals surface area contributed by atoms with Crippen LogP contribution in [-0.4, -0.2) is 49.7 Å². The van der Waals surface area contributed by atoms with Gasteiger partial charge >= 0.3 is 0 Å². The van der Waals surface area contributed by atoms with Crippen LogP contribution in [0.3, 0.4) is 0 Å². The Balaban J connectivity index is 0.00000112. The molecule has 1 atom stereocenters. The highest BCUT2D eigenvalue weighted by Crippen LogP contribution is 2.21. The van der Waals surface area contributed by atoms with Gasteiger partial charge in [0.25, 0.3) is 0 Å². The molecule has 0 aromatic rings. The number of carbonyl (C=O) groups is 1. The zero-order valence-electron chi connectivity index (χ0n) is 9.07. The van der Waals surface area contributed by atoms with E-state index in [1.807, 2.05) is 4.90 Å². The van der Waals surface area contributed by atoms with E-state index in [2.05, 4.69) is 5.32 Å². The Morgan fingerprint density at radius 3 is 2.60 bits per heavy atom. The topological polar surface area (TPSA) is 41.6 Å². The highest BCUT2D eigenvalue weighted by Gasteiger charge is 2.34. The number of rotatable bonds is 2. The largest absolute Gasteiger partial charge is 0.379 e. The Hall–Kier alpha value is -0.320. The molecule has 1 amide bonds. The summed E-state index contributed by atoms with van der Waals surface area (Å²) in [7, 11) is 1.68. The summed E-state index contributed by atoms with van der Waals surface area (Å²) in [5.74, 6) is 0.267. The number of hydrogen-bond acceptors (Lipinski definition) is 3. The maximum Gasteiger partial charge on any atom is 0.225 e. The molecule has 0 aromatic heterocycles. The maximum atomic E-state index is 11.7. The summed E-state index contributed by atoms with van der Waals surface area (Å²) in [6, 6.07) is 0.448. The van der Waals surface area contributed by atoms with Crippen molar-refractivity contribution in [1.29, 1.82) is 0 Å². The van der Waals surface area contributed by atoms with Gasteiger partial charge in [0.15, 0.2) is 0 Å². The summed E-state index contributed by atoms with van der Waals surface area (Å²) in [5, 5.41) is 3.31. The van der Waals surface area contributed by atoms with Gasteiger partial charge in [0.05, 0.1) is 12.5 Å². The lowest BCUT2D eigenvalue weighted by atomic mass is 10.1. The molecule has 2 saturated heterocycles. The van der Waals surface area contributed by atoms with E-state index in [1.54, 1.807) is 7.11 Å². The van der Waals surface area contributed by atoms with E-state index in [1.165, 1.54) is 0 Å². The minimum absolute atomic E-state index is 0. The third kappa shape index (κ3) is 2.83. The first-order chi connectivity index (χ1) is 6.81. The molecule has 0 bridgehead atoms. The van der Waals surface area contributed by atoms with E-state index in [4.69, 9.17) is 4.74 Å². The fraction of sp³-hybridized carbons (Fsp3) is 0.900. The van der Waals surface area contributed by atoms with E-state index in [9.17, 15) is 4.79 Å². The Labute approximate surface area is 96.7 Å². The van der Waals surface area contributed by atoms with E-state index >= 15 is 0 Å². The van der Waals surface area contributed by atoms with Crippen molar-refractivity contribution in [3.63, 3.8) is 0 Å². The second kappa shape index (κ2) is 5.68. The molecule has 0 saturated carbocycles. The van der Waals surface area contributed by atoms with Crippen LogP contribution in [0.5, 0.6) is 0 Å². The van der Waals surface area contributed by atoms with Crippen LogP contribution < -0.4 is 5.32 Å². The predicted octanol–water partition coefficient (Wildman–Crippen LogP) is 0.407. The van der Waals surface area contributed by atoms with Crippen LogP contribution in [0.25, 0.3) is 0 Å². The van der Waals surface area contributed by atoms with Crippen molar-refractivity contribution in [1.82, 2.24) is 10.2 Å². The number of amides is 1. The summed E-state index contributed by atoms with van der Waals surface area (Å²) in [5.41, 5.74) is 0. The second-order valence-corrected chi connectivity index (χ2v) is 4.09. The molecule has 5 heteroatoms. The zero-order chi connectivity index (χ0) is 9.97.